The first-order valence-corrected chi connectivity index (χ1v) is 13.3. The standard InChI is InChI=1S/C29H48O/c1-7-21(19(2)3)9-8-20(4)25-12-13-26-24-11-10-22-18-23(30)14-16-28(22,5)27(24)15-17-29(25,26)6/h9-10,19-20,23-27,30H,7-8,11-18H2,1-6H3. The van der Waals surface area contributed by atoms with Crippen LogP contribution in [0.4, 0.5) is 0 Å². The molecule has 1 N–H and O–H groups in total. The molecule has 4 rings (SSSR count). The van der Waals surface area contributed by atoms with Crippen LogP contribution in [0, 0.1) is 46.3 Å². The van der Waals surface area contributed by atoms with Crippen molar-refractivity contribution < 1.29 is 5.11 Å². The van der Waals surface area contributed by atoms with E-state index < -0.39 is 0 Å². The minimum Gasteiger partial charge on any atom is -0.393 e. The van der Waals surface area contributed by atoms with Crippen molar-refractivity contribution in [2.75, 3.05) is 0 Å². The van der Waals surface area contributed by atoms with Gasteiger partial charge in [-0.2, -0.15) is 0 Å². The third kappa shape index (κ3) is 3.66. The van der Waals surface area contributed by atoms with E-state index in [0.29, 0.717) is 16.7 Å². The maximum absolute atomic E-state index is 10.2. The maximum Gasteiger partial charge on any atom is 0.0577 e. The monoisotopic (exact) mass is 412 g/mol. The third-order valence-electron chi connectivity index (χ3n) is 10.7. The molecule has 0 bridgehead atoms. The van der Waals surface area contributed by atoms with E-state index in [1.807, 2.05) is 0 Å². The van der Waals surface area contributed by atoms with Gasteiger partial charge in [0.2, 0.25) is 0 Å². The molecule has 3 saturated carbocycles. The van der Waals surface area contributed by atoms with E-state index in [9.17, 15) is 5.11 Å². The predicted molar refractivity (Wildman–Crippen MR) is 128 cm³/mol. The fourth-order valence-electron chi connectivity index (χ4n) is 8.91. The predicted octanol–water partition coefficient (Wildman–Crippen LogP) is 7.94. The third-order valence-corrected chi connectivity index (χ3v) is 10.7. The molecule has 4 aliphatic carbocycles. The molecule has 170 valence electrons. The van der Waals surface area contributed by atoms with Crippen LogP contribution in [-0.4, -0.2) is 11.2 Å². The minimum atomic E-state index is -0.0849. The molecule has 0 aromatic rings. The summed E-state index contributed by atoms with van der Waals surface area (Å²) in [5.74, 6) is 5.09. The lowest BCUT2D eigenvalue weighted by Gasteiger charge is -2.58. The largest absolute Gasteiger partial charge is 0.393 e. The van der Waals surface area contributed by atoms with E-state index in [2.05, 4.69) is 53.7 Å². The number of hydrogen-bond donors (Lipinski definition) is 1. The van der Waals surface area contributed by atoms with Crippen LogP contribution < -0.4 is 0 Å². The van der Waals surface area contributed by atoms with Gasteiger partial charge in [0.1, 0.15) is 0 Å². The van der Waals surface area contributed by atoms with Gasteiger partial charge in [-0.05, 0) is 111 Å². The van der Waals surface area contributed by atoms with Crippen molar-refractivity contribution in [1.29, 1.82) is 0 Å². The van der Waals surface area contributed by atoms with Gasteiger partial charge in [0, 0.05) is 0 Å². The zero-order valence-corrected chi connectivity index (χ0v) is 20.7. The van der Waals surface area contributed by atoms with Crippen molar-refractivity contribution >= 4 is 0 Å². The van der Waals surface area contributed by atoms with E-state index in [0.717, 1.165) is 42.4 Å². The topological polar surface area (TPSA) is 20.2 Å². The molecule has 3 fully saturated rings. The Morgan fingerprint density at radius 1 is 1.10 bits per heavy atom. The van der Waals surface area contributed by atoms with Crippen LogP contribution in [0.25, 0.3) is 0 Å². The molecule has 30 heavy (non-hydrogen) atoms. The number of aliphatic hydroxyl groups excluding tert-OH is 1. The average Bonchev–Trinajstić information content (AvgIpc) is 3.06. The first-order valence-electron chi connectivity index (χ1n) is 13.3. The van der Waals surface area contributed by atoms with Crippen LogP contribution >= 0.6 is 0 Å². The van der Waals surface area contributed by atoms with Gasteiger partial charge in [-0.25, -0.2) is 0 Å². The quantitative estimate of drug-likeness (QED) is 0.454. The summed E-state index contributed by atoms with van der Waals surface area (Å²) < 4.78 is 0. The molecule has 0 heterocycles. The van der Waals surface area contributed by atoms with Gasteiger partial charge in [0.15, 0.2) is 0 Å². The highest BCUT2D eigenvalue weighted by molar-refractivity contribution is 5.25. The van der Waals surface area contributed by atoms with E-state index in [1.54, 1.807) is 11.1 Å². The van der Waals surface area contributed by atoms with Crippen LogP contribution in [0.15, 0.2) is 23.3 Å². The summed E-state index contributed by atoms with van der Waals surface area (Å²) in [5, 5.41) is 10.2. The number of fused-ring (bicyclic) bond motifs is 5. The zero-order valence-electron chi connectivity index (χ0n) is 20.7. The molecule has 8 atom stereocenters. The Hall–Kier alpha value is -0.560. The molecule has 0 aliphatic heterocycles. The normalized spacial score (nSPS) is 44.9. The lowest BCUT2D eigenvalue weighted by molar-refractivity contribution is -0.0565. The van der Waals surface area contributed by atoms with Crippen molar-refractivity contribution in [2.24, 2.45) is 46.3 Å². The van der Waals surface area contributed by atoms with Crippen molar-refractivity contribution in [3.05, 3.63) is 23.3 Å². The summed E-state index contributed by atoms with van der Waals surface area (Å²) in [7, 11) is 0. The van der Waals surface area contributed by atoms with E-state index in [-0.39, 0.29) is 6.10 Å². The fraction of sp³-hybridized carbons (Fsp3) is 0.862. The smallest absolute Gasteiger partial charge is 0.0577 e. The molecule has 1 heteroatoms. The molecule has 4 aliphatic rings. The van der Waals surface area contributed by atoms with Crippen LogP contribution in [0.2, 0.25) is 0 Å². The lowest BCUT2D eigenvalue weighted by atomic mass is 9.47. The van der Waals surface area contributed by atoms with Crippen LogP contribution in [-0.2, 0) is 0 Å². The molecule has 1 nitrogen and oxygen atoms in total. The van der Waals surface area contributed by atoms with Crippen molar-refractivity contribution in [3.63, 3.8) is 0 Å². The average molecular weight is 413 g/mol. The van der Waals surface area contributed by atoms with Crippen LogP contribution in [0.3, 0.4) is 0 Å². The highest BCUT2D eigenvalue weighted by Gasteiger charge is 2.59. The molecule has 0 radical (unpaired) electrons. The molecule has 0 saturated heterocycles. The van der Waals surface area contributed by atoms with Crippen molar-refractivity contribution in [2.45, 2.75) is 112 Å². The number of allylic oxidation sites excluding steroid dienone is 3. The summed E-state index contributed by atoms with van der Waals surface area (Å²) in [6.45, 7) is 14.8. The van der Waals surface area contributed by atoms with Crippen molar-refractivity contribution in [1.82, 2.24) is 0 Å². The SMILES string of the molecule is CCC(=CCC(C)C1CCC2C3CC=C4CC(O)CCC4(C)C3CCC12C)C(C)C. The second-order valence-corrected chi connectivity index (χ2v) is 12.4. The molecular weight excluding hydrogens is 364 g/mol. The summed E-state index contributed by atoms with van der Waals surface area (Å²) in [5.41, 5.74) is 4.19. The van der Waals surface area contributed by atoms with Gasteiger partial charge < -0.3 is 5.11 Å². The van der Waals surface area contributed by atoms with Gasteiger partial charge >= 0.3 is 0 Å². The van der Waals surface area contributed by atoms with Gasteiger partial charge in [-0.1, -0.05) is 64.8 Å². The maximum atomic E-state index is 10.2. The van der Waals surface area contributed by atoms with Crippen molar-refractivity contribution in [3.8, 4) is 0 Å². The Balaban J connectivity index is 1.51. The van der Waals surface area contributed by atoms with Gasteiger partial charge in [-0.3, -0.25) is 0 Å². The number of rotatable bonds is 5. The van der Waals surface area contributed by atoms with Crippen LogP contribution in [0.1, 0.15) is 106 Å². The van der Waals surface area contributed by atoms with Gasteiger partial charge in [-0.15, -0.1) is 0 Å². The highest BCUT2D eigenvalue weighted by Crippen LogP contribution is 2.67. The van der Waals surface area contributed by atoms with E-state index in [1.165, 1.54) is 51.4 Å². The second kappa shape index (κ2) is 8.42. The first kappa shape index (κ1) is 22.6. The summed E-state index contributed by atoms with van der Waals surface area (Å²) in [4.78, 5) is 0. The fourth-order valence-corrected chi connectivity index (χ4v) is 8.91. The minimum absolute atomic E-state index is 0.0849. The molecular formula is C29H48O. The van der Waals surface area contributed by atoms with Crippen LogP contribution in [0.5, 0.6) is 0 Å². The Bertz CT molecular complexity index is 686. The Morgan fingerprint density at radius 2 is 1.87 bits per heavy atom. The molecule has 0 aromatic heterocycles. The summed E-state index contributed by atoms with van der Waals surface area (Å²) in [6.07, 6.45) is 17.8. The molecule has 0 amide bonds. The Labute approximate surface area is 186 Å². The van der Waals surface area contributed by atoms with Gasteiger partial charge in [0.05, 0.1) is 6.10 Å². The Morgan fingerprint density at radius 3 is 2.57 bits per heavy atom. The highest BCUT2D eigenvalue weighted by atomic mass is 16.3. The molecule has 0 aromatic carbocycles. The zero-order chi connectivity index (χ0) is 21.7. The van der Waals surface area contributed by atoms with Gasteiger partial charge in [0.25, 0.3) is 0 Å². The number of aliphatic hydroxyl groups is 1. The molecule has 0 spiro atoms. The summed E-state index contributed by atoms with van der Waals surface area (Å²) >= 11 is 0. The Kier molecular flexibility index (Phi) is 6.35. The van der Waals surface area contributed by atoms with E-state index >= 15 is 0 Å². The van der Waals surface area contributed by atoms with E-state index in [4.69, 9.17) is 0 Å². The molecule has 8 unspecified atom stereocenters. The lowest BCUT2D eigenvalue weighted by Crippen LogP contribution is -2.50. The first-order chi connectivity index (χ1) is 14.2. The number of hydrogen-bond acceptors (Lipinski definition) is 1. The second-order valence-electron chi connectivity index (χ2n) is 12.4. The summed E-state index contributed by atoms with van der Waals surface area (Å²) in [6, 6.07) is 0.